The molecule has 0 saturated heterocycles. The zero-order chi connectivity index (χ0) is 20.7. The number of nitrogens with zero attached hydrogens (tertiary/aromatic N) is 1. The second-order valence-electron chi connectivity index (χ2n) is 9.51. The van der Waals surface area contributed by atoms with Crippen molar-refractivity contribution in [3.63, 3.8) is 0 Å². The Bertz CT molecular complexity index is 666. The van der Waals surface area contributed by atoms with E-state index >= 15 is 0 Å². The molecular weight excluding hydrogens is 394 g/mol. The summed E-state index contributed by atoms with van der Waals surface area (Å²) in [6, 6.07) is 5.91. The van der Waals surface area contributed by atoms with Gasteiger partial charge in [-0.25, -0.2) is 0 Å². The van der Waals surface area contributed by atoms with Crippen LogP contribution in [0.4, 0.5) is 0 Å². The minimum absolute atomic E-state index is 0. The van der Waals surface area contributed by atoms with E-state index < -0.39 is 0 Å². The van der Waals surface area contributed by atoms with Crippen molar-refractivity contribution in [3.8, 4) is 0 Å². The van der Waals surface area contributed by atoms with E-state index in [4.69, 9.17) is 11.6 Å². The highest BCUT2D eigenvalue weighted by molar-refractivity contribution is 6.33. The highest BCUT2D eigenvalue weighted by atomic mass is 35.5. The van der Waals surface area contributed by atoms with Crippen molar-refractivity contribution in [3.05, 3.63) is 34.3 Å². The van der Waals surface area contributed by atoms with Gasteiger partial charge in [-0.15, -0.1) is 0 Å². The highest BCUT2D eigenvalue weighted by Crippen LogP contribution is 2.48. The Morgan fingerprint density at radius 1 is 1.20 bits per heavy atom. The normalized spacial score (nSPS) is 23.1. The number of amides is 1. The summed E-state index contributed by atoms with van der Waals surface area (Å²) in [5.74, 6) is 0.871. The van der Waals surface area contributed by atoms with E-state index in [2.05, 4.69) is 29.6 Å². The van der Waals surface area contributed by atoms with Gasteiger partial charge in [-0.1, -0.05) is 50.8 Å². The molecule has 2 aliphatic rings. The first kappa shape index (κ1) is 25.2. The molecule has 1 aromatic rings. The van der Waals surface area contributed by atoms with Crippen LogP contribution in [0.15, 0.2) is 18.2 Å². The average molecular weight is 436 g/mol. The number of nitrogens with one attached hydrogen (secondary N) is 2. The Kier molecular flexibility index (Phi) is 10.1. The van der Waals surface area contributed by atoms with E-state index in [0.29, 0.717) is 16.0 Å². The Morgan fingerprint density at radius 2 is 1.93 bits per heavy atom. The maximum atomic E-state index is 12.9. The molecular formula is C25H42ClN3O. The third kappa shape index (κ3) is 7.25. The number of rotatable bonds is 10. The quantitative estimate of drug-likeness (QED) is 0.499. The molecule has 1 aromatic carbocycles. The van der Waals surface area contributed by atoms with Gasteiger partial charge in [0.1, 0.15) is 0 Å². The molecule has 0 unspecified atom stereocenters. The number of hydrogen-bond acceptors (Lipinski definition) is 3. The van der Waals surface area contributed by atoms with Crippen LogP contribution in [0.25, 0.3) is 0 Å². The zero-order valence-electron chi connectivity index (χ0n) is 18.2. The Morgan fingerprint density at radius 3 is 2.63 bits per heavy atom. The number of likely N-dealkylation sites (N-methyl/N-ethyl adjacent to an activating group) is 1. The van der Waals surface area contributed by atoms with Crippen LogP contribution in [0.2, 0.25) is 5.02 Å². The number of benzene rings is 1. The van der Waals surface area contributed by atoms with Crippen molar-refractivity contribution in [1.29, 1.82) is 0 Å². The van der Waals surface area contributed by atoms with Crippen LogP contribution in [0.1, 0.15) is 74.7 Å². The Hall–Kier alpha value is -1.10. The molecule has 0 radical (unpaired) electrons. The first-order chi connectivity index (χ1) is 14.0. The molecule has 170 valence electrons. The monoisotopic (exact) mass is 435 g/mol. The van der Waals surface area contributed by atoms with E-state index in [0.717, 1.165) is 44.9 Å². The van der Waals surface area contributed by atoms with Gasteiger partial charge in [0.2, 0.25) is 0 Å². The van der Waals surface area contributed by atoms with Crippen LogP contribution in [-0.2, 0) is 6.42 Å². The highest BCUT2D eigenvalue weighted by Gasteiger charge is 2.39. The van der Waals surface area contributed by atoms with Crippen LogP contribution < -0.4 is 10.6 Å². The standard InChI is InChI=1S/C24H38ClN3O.CH4/c1-28(2)15-14-26-13-5-8-19-9-10-22(25)21(16-19)23(29)27-18-24-11-3-6-20(17-24)7-4-12-24;/h9-10,16,20,26H,3-8,11-15,17-18H2,1-2H3,(H,27,29);1H4. The molecule has 3 rings (SSSR count). The lowest BCUT2D eigenvalue weighted by Crippen LogP contribution is -2.43. The number of carbonyl (C=O) groups is 1. The van der Waals surface area contributed by atoms with Gasteiger partial charge in [-0.3, -0.25) is 4.79 Å². The van der Waals surface area contributed by atoms with Gasteiger partial charge in [-0.2, -0.15) is 0 Å². The molecule has 2 fully saturated rings. The molecule has 2 saturated carbocycles. The molecule has 4 nitrogen and oxygen atoms in total. The minimum atomic E-state index is -0.0111. The van der Waals surface area contributed by atoms with Crippen molar-refractivity contribution >= 4 is 17.5 Å². The van der Waals surface area contributed by atoms with Crippen molar-refractivity contribution in [2.24, 2.45) is 11.3 Å². The fraction of sp³-hybridized carbons (Fsp3) is 0.720. The predicted octanol–water partition coefficient (Wildman–Crippen LogP) is 5.15. The summed E-state index contributed by atoms with van der Waals surface area (Å²) in [4.78, 5) is 15.1. The van der Waals surface area contributed by atoms with Gasteiger partial charge < -0.3 is 15.5 Å². The molecule has 30 heavy (non-hydrogen) atoms. The molecule has 2 aliphatic carbocycles. The third-order valence-electron chi connectivity index (χ3n) is 6.81. The third-order valence-corrected chi connectivity index (χ3v) is 7.14. The minimum Gasteiger partial charge on any atom is -0.351 e. The number of aryl methyl sites for hydroxylation is 1. The van der Waals surface area contributed by atoms with Crippen LogP contribution in [0.3, 0.4) is 0 Å². The second-order valence-corrected chi connectivity index (χ2v) is 9.92. The summed E-state index contributed by atoms with van der Waals surface area (Å²) < 4.78 is 0. The lowest BCUT2D eigenvalue weighted by atomic mass is 9.62. The number of fused-ring (bicyclic) bond motifs is 2. The lowest BCUT2D eigenvalue weighted by molar-refractivity contribution is 0.0682. The first-order valence-corrected chi connectivity index (χ1v) is 11.8. The molecule has 0 aromatic heterocycles. The van der Waals surface area contributed by atoms with Gasteiger partial charge in [-0.05, 0) is 81.8 Å². The van der Waals surface area contributed by atoms with Gasteiger partial charge in [0, 0.05) is 19.6 Å². The van der Waals surface area contributed by atoms with Gasteiger partial charge in [0.25, 0.3) is 5.91 Å². The van der Waals surface area contributed by atoms with E-state index in [1.54, 1.807) is 0 Å². The van der Waals surface area contributed by atoms with Gasteiger partial charge >= 0.3 is 0 Å². The topological polar surface area (TPSA) is 44.4 Å². The summed E-state index contributed by atoms with van der Waals surface area (Å²) in [6.07, 6.45) is 11.2. The van der Waals surface area contributed by atoms with Crippen LogP contribution in [0.5, 0.6) is 0 Å². The van der Waals surface area contributed by atoms with Crippen LogP contribution >= 0.6 is 11.6 Å². The molecule has 0 atom stereocenters. The second kappa shape index (κ2) is 12.1. The smallest absolute Gasteiger partial charge is 0.252 e. The van der Waals surface area contributed by atoms with Crippen LogP contribution in [-0.4, -0.2) is 51.1 Å². The van der Waals surface area contributed by atoms with E-state index in [9.17, 15) is 4.79 Å². The molecule has 0 heterocycles. The number of halogens is 1. The number of carbonyl (C=O) groups excluding carboxylic acids is 1. The van der Waals surface area contributed by atoms with Gasteiger partial charge in [0.05, 0.1) is 10.6 Å². The zero-order valence-corrected chi connectivity index (χ0v) is 19.0. The molecule has 0 aliphatic heterocycles. The van der Waals surface area contributed by atoms with Crippen molar-refractivity contribution < 1.29 is 4.79 Å². The fourth-order valence-corrected chi connectivity index (χ4v) is 5.38. The van der Waals surface area contributed by atoms with Gasteiger partial charge in [0.15, 0.2) is 0 Å². The fourth-order valence-electron chi connectivity index (χ4n) is 5.18. The molecule has 2 N–H and O–H groups in total. The lowest BCUT2D eigenvalue weighted by Gasteiger charge is -2.45. The molecule has 2 bridgehead atoms. The van der Waals surface area contributed by atoms with Crippen LogP contribution in [0, 0.1) is 11.3 Å². The average Bonchev–Trinajstić information content (AvgIpc) is 2.70. The Balaban J connectivity index is 0.00000320. The molecule has 5 heteroatoms. The summed E-state index contributed by atoms with van der Waals surface area (Å²) in [7, 11) is 4.17. The molecule has 0 spiro atoms. The largest absolute Gasteiger partial charge is 0.351 e. The summed E-state index contributed by atoms with van der Waals surface area (Å²) >= 11 is 6.37. The summed E-state index contributed by atoms with van der Waals surface area (Å²) in [6.45, 7) is 3.84. The van der Waals surface area contributed by atoms with Crippen molar-refractivity contribution in [2.75, 3.05) is 40.3 Å². The molecule has 1 amide bonds. The maximum Gasteiger partial charge on any atom is 0.252 e. The first-order valence-electron chi connectivity index (χ1n) is 11.4. The van der Waals surface area contributed by atoms with Crippen molar-refractivity contribution in [1.82, 2.24) is 15.5 Å². The van der Waals surface area contributed by atoms with E-state index in [1.165, 1.54) is 50.5 Å². The Labute approximate surface area is 189 Å². The number of hydrogen-bond donors (Lipinski definition) is 2. The SMILES string of the molecule is C.CN(C)CCNCCCc1ccc(Cl)c(C(=O)NCC23CCCC(CCC2)C3)c1. The van der Waals surface area contributed by atoms with E-state index in [-0.39, 0.29) is 13.3 Å². The summed E-state index contributed by atoms with van der Waals surface area (Å²) in [5.41, 5.74) is 2.14. The van der Waals surface area contributed by atoms with Crippen molar-refractivity contribution in [2.45, 2.75) is 65.2 Å². The summed E-state index contributed by atoms with van der Waals surface area (Å²) in [5, 5.41) is 7.26. The maximum absolute atomic E-state index is 12.9. The predicted molar refractivity (Wildman–Crippen MR) is 129 cm³/mol. The van der Waals surface area contributed by atoms with E-state index in [1.807, 2.05) is 18.2 Å².